The van der Waals surface area contributed by atoms with Gasteiger partial charge >= 0.3 is 0 Å². The Morgan fingerprint density at radius 2 is 2.09 bits per heavy atom. The highest BCUT2D eigenvalue weighted by Crippen LogP contribution is 2.25. The van der Waals surface area contributed by atoms with E-state index in [2.05, 4.69) is 10.6 Å². The van der Waals surface area contributed by atoms with Gasteiger partial charge in [-0.05, 0) is 31.3 Å². The molecule has 2 heterocycles. The zero-order chi connectivity index (χ0) is 15.9. The monoisotopic (exact) mass is 315 g/mol. The minimum Gasteiger partial charge on any atom is -0.464 e. The molecular formula is C15H13N3O3S. The molecule has 1 aliphatic heterocycles. The van der Waals surface area contributed by atoms with Crippen LogP contribution in [0.5, 0.6) is 0 Å². The normalized spacial score (nSPS) is 18.0. The average Bonchev–Trinajstić information content (AvgIpc) is 2.46. The number of carbonyl (C=O) groups is 1. The highest BCUT2D eigenvalue weighted by atomic mass is 32.1. The van der Waals surface area contributed by atoms with Crippen molar-refractivity contribution >= 4 is 34.2 Å². The van der Waals surface area contributed by atoms with Crippen LogP contribution < -0.4 is 21.8 Å². The topological polar surface area (TPSA) is 97.4 Å². The molecule has 0 aliphatic carbocycles. The number of nitrogens with two attached hydrogens (primary N) is 1. The minimum atomic E-state index is -0.730. The van der Waals surface area contributed by atoms with Gasteiger partial charge in [0.15, 0.2) is 10.5 Å². The van der Waals surface area contributed by atoms with Crippen molar-refractivity contribution in [2.75, 3.05) is 0 Å². The fourth-order valence-corrected chi connectivity index (χ4v) is 2.82. The highest BCUT2D eigenvalue weighted by molar-refractivity contribution is 7.80. The molecule has 6 nitrogen and oxygen atoms in total. The first-order valence-electron chi connectivity index (χ1n) is 6.57. The van der Waals surface area contributed by atoms with Gasteiger partial charge in [-0.3, -0.25) is 9.59 Å². The van der Waals surface area contributed by atoms with Crippen molar-refractivity contribution < 1.29 is 9.21 Å². The first-order chi connectivity index (χ1) is 10.5. The molecule has 1 amide bonds. The maximum atomic E-state index is 12.7. The number of para-hydroxylation sites is 1. The summed E-state index contributed by atoms with van der Waals surface area (Å²) in [4.78, 5) is 24.4. The third-order valence-electron chi connectivity index (χ3n) is 3.55. The number of rotatable bonds is 2. The maximum Gasteiger partial charge on any atom is 0.248 e. The van der Waals surface area contributed by atoms with Crippen molar-refractivity contribution in [1.82, 2.24) is 10.6 Å². The molecule has 0 saturated heterocycles. The molecule has 1 aromatic heterocycles. The molecule has 0 spiro atoms. The molecule has 4 N–H and O–H groups in total. The largest absolute Gasteiger partial charge is 0.464 e. The lowest BCUT2D eigenvalue weighted by Gasteiger charge is -2.28. The van der Waals surface area contributed by atoms with Crippen LogP contribution in [0.15, 0.2) is 51.0 Å². The molecule has 1 aromatic carbocycles. The average molecular weight is 315 g/mol. The van der Waals surface area contributed by atoms with Gasteiger partial charge in [0, 0.05) is 5.70 Å². The van der Waals surface area contributed by atoms with Gasteiger partial charge in [-0.2, -0.15) is 0 Å². The van der Waals surface area contributed by atoms with Gasteiger partial charge in [-0.25, -0.2) is 0 Å². The Morgan fingerprint density at radius 1 is 1.36 bits per heavy atom. The van der Waals surface area contributed by atoms with Gasteiger partial charge in [0.05, 0.1) is 22.6 Å². The van der Waals surface area contributed by atoms with E-state index in [0.717, 1.165) is 0 Å². The van der Waals surface area contributed by atoms with E-state index >= 15 is 0 Å². The third-order valence-corrected chi connectivity index (χ3v) is 3.77. The van der Waals surface area contributed by atoms with E-state index in [1.54, 1.807) is 31.2 Å². The lowest BCUT2D eigenvalue weighted by Crippen LogP contribution is -2.47. The Kier molecular flexibility index (Phi) is 3.42. The molecule has 3 rings (SSSR count). The Morgan fingerprint density at radius 3 is 2.82 bits per heavy atom. The summed E-state index contributed by atoms with van der Waals surface area (Å²) in [5.41, 5.74) is 6.77. The summed E-state index contributed by atoms with van der Waals surface area (Å²) in [6, 6.07) is 6.18. The van der Waals surface area contributed by atoms with E-state index in [-0.39, 0.29) is 16.6 Å². The predicted molar refractivity (Wildman–Crippen MR) is 86.0 cm³/mol. The smallest absolute Gasteiger partial charge is 0.248 e. The maximum absolute atomic E-state index is 12.7. The quantitative estimate of drug-likeness (QED) is 0.717. The summed E-state index contributed by atoms with van der Waals surface area (Å²) in [6.45, 7) is 1.68. The molecule has 1 atom stereocenters. The third kappa shape index (κ3) is 2.25. The van der Waals surface area contributed by atoms with Crippen LogP contribution in [0.1, 0.15) is 18.5 Å². The van der Waals surface area contributed by atoms with E-state index < -0.39 is 11.9 Å². The van der Waals surface area contributed by atoms with Crippen LogP contribution in [0.2, 0.25) is 0 Å². The Hall–Kier alpha value is -2.67. The molecular weight excluding hydrogens is 302 g/mol. The van der Waals surface area contributed by atoms with Crippen LogP contribution in [-0.2, 0) is 4.79 Å². The first-order valence-corrected chi connectivity index (χ1v) is 6.98. The predicted octanol–water partition coefficient (Wildman–Crippen LogP) is 1.07. The van der Waals surface area contributed by atoms with Crippen molar-refractivity contribution in [3.05, 3.63) is 57.6 Å². The Labute approximate surface area is 131 Å². The molecule has 2 aromatic rings. The molecule has 1 aliphatic rings. The van der Waals surface area contributed by atoms with E-state index in [1.165, 1.54) is 6.26 Å². The van der Waals surface area contributed by atoms with Crippen LogP contribution in [0.3, 0.4) is 0 Å². The van der Waals surface area contributed by atoms with Crippen molar-refractivity contribution in [3.63, 3.8) is 0 Å². The Bertz CT molecular complexity index is 885. The van der Waals surface area contributed by atoms with Crippen molar-refractivity contribution in [2.45, 2.75) is 13.0 Å². The molecule has 112 valence electrons. The lowest BCUT2D eigenvalue weighted by atomic mass is 9.95. The van der Waals surface area contributed by atoms with Crippen LogP contribution in [0, 0.1) is 0 Å². The van der Waals surface area contributed by atoms with Crippen molar-refractivity contribution in [1.29, 1.82) is 0 Å². The summed E-state index contributed by atoms with van der Waals surface area (Å²) < 4.78 is 5.50. The molecule has 1 unspecified atom stereocenters. The second kappa shape index (κ2) is 5.27. The fraction of sp³-hybridized carbons (Fsp3) is 0.133. The van der Waals surface area contributed by atoms with Gasteiger partial charge in [-0.15, -0.1) is 0 Å². The zero-order valence-corrected chi connectivity index (χ0v) is 12.5. The van der Waals surface area contributed by atoms with Gasteiger partial charge in [0.1, 0.15) is 11.8 Å². The number of fused-ring (bicyclic) bond motifs is 1. The van der Waals surface area contributed by atoms with Gasteiger partial charge in [0.25, 0.3) is 0 Å². The molecule has 0 fully saturated rings. The number of benzene rings is 1. The summed E-state index contributed by atoms with van der Waals surface area (Å²) >= 11 is 5.10. The van der Waals surface area contributed by atoms with Crippen LogP contribution >= 0.6 is 12.2 Å². The van der Waals surface area contributed by atoms with Crippen LogP contribution in [0.25, 0.3) is 11.0 Å². The molecule has 0 saturated carbocycles. The first kappa shape index (κ1) is 14.3. The summed E-state index contributed by atoms with van der Waals surface area (Å²) in [7, 11) is 0. The summed E-state index contributed by atoms with van der Waals surface area (Å²) in [6.07, 6.45) is 1.34. The van der Waals surface area contributed by atoms with Gasteiger partial charge in [0.2, 0.25) is 5.91 Å². The number of allylic oxidation sites excluding steroid dienone is 1. The zero-order valence-electron chi connectivity index (χ0n) is 11.7. The molecule has 0 radical (unpaired) electrons. The van der Waals surface area contributed by atoms with E-state index in [4.69, 9.17) is 22.4 Å². The lowest BCUT2D eigenvalue weighted by molar-refractivity contribution is -0.115. The summed E-state index contributed by atoms with van der Waals surface area (Å²) in [5, 5.41) is 6.49. The standard InChI is InChI=1S/C15H13N3O3S/c1-7-11(14(16)20)12(18-15(22)17-7)9-6-21-10-5-3-2-4-8(10)13(9)19/h2-6,12H,1H3,(H2,16,20)(H2,17,18,22). The number of primary amides is 1. The number of thiocarbonyl (C=S) groups is 1. The number of nitrogens with one attached hydrogen (secondary N) is 2. The number of hydrogen-bond donors (Lipinski definition) is 3. The minimum absolute atomic E-state index is 0.226. The molecule has 7 heteroatoms. The van der Waals surface area contributed by atoms with Crippen LogP contribution in [0.4, 0.5) is 0 Å². The van der Waals surface area contributed by atoms with Crippen molar-refractivity contribution in [2.24, 2.45) is 5.73 Å². The fourth-order valence-electron chi connectivity index (χ4n) is 2.55. The second-order valence-corrected chi connectivity index (χ2v) is 5.36. The van der Waals surface area contributed by atoms with Crippen molar-refractivity contribution in [3.8, 4) is 0 Å². The summed E-state index contributed by atoms with van der Waals surface area (Å²) in [5.74, 6) is -0.627. The molecule has 0 bridgehead atoms. The number of hydrogen-bond acceptors (Lipinski definition) is 4. The van der Waals surface area contributed by atoms with E-state index in [9.17, 15) is 9.59 Å². The van der Waals surface area contributed by atoms with E-state index in [0.29, 0.717) is 21.8 Å². The van der Waals surface area contributed by atoms with Gasteiger partial charge in [-0.1, -0.05) is 12.1 Å². The number of amides is 1. The van der Waals surface area contributed by atoms with Crippen LogP contribution in [-0.4, -0.2) is 11.0 Å². The SMILES string of the molecule is CC1=C(C(N)=O)C(c2coc3ccccc3c2=O)NC(=S)N1. The van der Waals surface area contributed by atoms with Gasteiger partial charge < -0.3 is 20.8 Å². The number of carbonyl (C=O) groups excluding carboxylic acids is 1. The second-order valence-electron chi connectivity index (χ2n) is 4.95. The molecule has 22 heavy (non-hydrogen) atoms. The Balaban J connectivity index is 2.23. The van der Waals surface area contributed by atoms with E-state index in [1.807, 2.05) is 0 Å². The highest BCUT2D eigenvalue weighted by Gasteiger charge is 2.31.